The lowest BCUT2D eigenvalue weighted by Gasteiger charge is -2.34. The van der Waals surface area contributed by atoms with Gasteiger partial charge >= 0.3 is 0 Å². The van der Waals surface area contributed by atoms with Gasteiger partial charge in [0.25, 0.3) is 0 Å². The first-order valence-corrected chi connectivity index (χ1v) is 8.50. The third kappa shape index (κ3) is 3.23. The molecular weight excluding hydrogens is 266 g/mol. The van der Waals surface area contributed by atoms with Crippen LogP contribution in [0, 0.1) is 11.8 Å². The van der Waals surface area contributed by atoms with Crippen LogP contribution in [0.25, 0.3) is 0 Å². The fraction of sp³-hybridized carbons (Fsp3) is 0.875. The zero-order valence-corrected chi connectivity index (χ0v) is 13.1. The predicted molar refractivity (Wildman–Crippen MR) is 80.7 cm³/mol. The number of likely N-dealkylation sites (tertiary alicyclic amines) is 1. The van der Waals surface area contributed by atoms with Gasteiger partial charge in [0, 0.05) is 39.3 Å². The van der Waals surface area contributed by atoms with Crippen LogP contribution >= 0.6 is 0 Å². The van der Waals surface area contributed by atoms with Crippen LogP contribution in [0.4, 0.5) is 0 Å². The molecule has 2 amide bonds. The van der Waals surface area contributed by atoms with Crippen LogP contribution in [0.1, 0.15) is 32.6 Å². The van der Waals surface area contributed by atoms with Crippen molar-refractivity contribution in [3.05, 3.63) is 0 Å². The zero-order valence-electron chi connectivity index (χ0n) is 13.1. The van der Waals surface area contributed by atoms with Crippen LogP contribution in [-0.4, -0.2) is 72.3 Å². The van der Waals surface area contributed by atoms with Crippen LogP contribution in [0.3, 0.4) is 0 Å². The molecule has 3 rings (SSSR count). The van der Waals surface area contributed by atoms with Crippen molar-refractivity contribution in [1.29, 1.82) is 0 Å². The topological polar surface area (TPSA) is 43.9 Å². The van der Waals surface area contributed by atoms with Gasteiger partial charge in [-0.25, -0.2) is 0 Å². The Morgan fingerprint density at radius 2 is 1.33 bits per heavy atom. The molecule has 1 saturated carbocycles. The van der Waals surface area contributed by atoms with Crippen molar-refractivity contribution >= 4 is 11.8 Å². The number of carbonyl (C=O) groups excluding carboxylic acids is 2. The molecule has 118 valence electrons. The van der Waals surface area contributed by atoms with E-state index in [2.05, 4.69) is 11.8 Å². The van der Waals surface area contributed by atoms with E-state index in [1.807, 2.05) is 9.80 Å². The number of carbonyl (C=O) groups is 2. The molecule has 3 fully saturated rings. The number of likely N-dealkylation sites (N-methyl/N-ethyl adjacent to an activating group) is 1. The summed E-state index contributed by atoms with van der Waals surface area (Å²) in [5.41, 5.74) is 0. The smallest absolute Gasteiger partial charge is 0.226 e. The fourth-order valence-electron chi connectivity index (χ4n) is 3.61. The molecule has 21 heavy (non-hydrogen) atoms. The van der Waals surface area contributed by atoms with Gasteiger partial charge < -0.3 is 14.7 Å². The maximum absolute atomic E-state index is 12.5. The second-order valence-electron chi connectivity index (χ2n) is 6.59. The summed E-state index contributed by atoms with van der Waals surface area (Å²) in [6.07, 6.45) is 4.26. The summed E-state index contributed by atoms with van der Waals surface area (Å²) < 4.78 is 0. The van der Waals surface area contributed by atoms with Gasteiger partial charge in [0.05, 0.1) is 11.8 Å². The Morgan fingerprint density at radius 1 is 0.810 bits per heavy atom. The molecule has 0 aromatic heterocycles. The second kappa shape index (κ2) is 6.34. The standard InChI is InChI=1S/C16H27N3O2/c1-2-17-8-10-19(11-9-17)16(21)14-12-13(14)15(20)18-6-4-3-5-7-18/h13-14H,2-12H2,1H3. The lowest BCUT2D eigenvalue weighted by molar-refractivity contribution is -0.139. The number of amides is 2. The van der Waals surface area contributed by atoms with E-state index < -0.39 is 0 Å². The van der Waals surface area contributed by atoms with E-state index >= 15 is 0 Å². The third-order valence-electron chi connectivity index (χ3n) is 5.22. The van der Waals surface area contributed by atoms with E-state index in [1.54, 1.807) is 0 Å². The molecule has 2 unspecified atom stereocenters. The average molecular weight is 293 g/mol. The summed E-state index contributed by atoms with van der Waals surface area (Å²) >= 11 is 0. The highest BCUT2D eigenvalue weighted by molar-refractivity contribution is 5.92. The summed E-state index contributed by atoms with van der Waals surface area (Å²) in [4.78, 5) is 31.2. The summed E-state index contributed by atoms with van der Waals surface area (Å²) in [5, 5.41) is 0. The highest BCUT2D eigenvalue weighted by Gasteiger charge is 2.51. The first-order valence-electron chi connectivity index (χ1n) is 8.50. The number of piperidine rings is 1. The van der Waals surface area contributed by atoms with Gasteiger partial charge in [0.1, 0.15) is 0 Å². The van der Waals surface area contributed by atoms with Crippen LogP contribution in [-0.2, 0) is 9.59 Å². The minimum atomic E-state index is -0.0207. The van der Waals surface area contributed by atoms with Gasteiger partial charge in [-0.15, -0.1) is 0 Å². The van der Waals surface area contributed by atoms with Crippen molar-refractivity contribution in [3.8, 4) is 0 Å². The van der Waals surface area contributed by atoms with Crippen LogP contribution in [0.15, 0.2) is 0 Å². The summed E-state index contributed by atoms with van der Waals surface area (Å²) in [6, 6.07) is 0. The fourth-order valence-corrected chi connectivity index (χ4v) is 3.61. The van der Waals surface area contributed by atoms with Crippen molar-refractivity contribution in [1.82, 2.24) is 14.7 Å². The first-order chi connectivity index (χ1) is 10.2. The predicted octanol–water partition coefficient (Wildman–Crippen LogP) is 0.799. The Morgan fingerprint density at radius 3 is 1.86 bits per heavy atom. The van der Waals surface area contributed by atoms with Gasteiger partial charge in [-0.1, -0.05) is 6.92 Å². The minimum absolute atomic E-state index is 0.0141. The van der Waals surface area contributed by atoms with E-state index in [0.717, 1.165) is 65.1 Å². The van der Waals surface area contributed by atoms with E-state index in [4.69, 9.17) is 0 Å². The molecule has 0 spiro atoms. The van der Waals surface area contributed by atoms with E-state index in [9.17, 15) is 9.59 Å². The lowest BCUT2D eigenvalue weighted by atomic mass is 10.1. The molecule has 1 aliphatic carbocycles. The van der Waals surface area contributed by atoms with E-state index in [0.29, 0.717) is 0 Å². The number of piperazine rings is 1. The average Bonchev–Trinajstić information content (AvgIpc) is 3.35. The number of rotatable bonds is 3. The van der Waals surface area contributed by atoms with Gasteiger partial charge in [-0.05, 0) is 32.2 Å². The maximum atomic E-state index is 12.5. The molecule has 0 aromatic rings. The number of hydrogen-bond acceptors (Lipinski definition) is 3. The van der Waals surface area contributed by atoms with E-state index in [1.165, 1.54) is 6.42 Å². The van der Waals surface area contributed by atoms with Gasteiger partial charge in [0.15, 0.2) is 0 Å². The van der Waals surface area contributed by atoms with Crippen molar-refractivity contribution in [2.45, 2.75) is 32.6 Å². The van der Waals surface area contributed by atoms with E-state index in [-0.39, 0.29) is 23.7 Å². The molecule has 0 aromatic carbocycles. The molecular formula is C16H27N3O2. The van der Waals surface area contributed by atoms with Gasteiger partial charge in [-0.2, -0.15) is 0 Å². The Labute approximate surface area is 127 Å². The number of nitrogens with zero attached hydrogens (tertiary/aromatic N) is 3. The Hall–Kier alpha value is -1.10. The molecule has 2 saturated heterocycles. The molecule has 5 nitrogen and oxygen atoms in total. The quantitative estimate of drug-likeness (QED) is 0.773. The van der Waals surface area contributed by atoms with Crippen LogP contribution < -0.4 is 0 Å². The van der Waals surface area contributed by atoms with Crippen LogP contribution in [0.5, 0.6) is 0 Å². The highest BCUT2D eigenvalue weighted by Crippen LogP contribution is 2.42. The first kappa shape index (κ1) is 14.8. The molecule has 2 heterocycles. The normalized spacial score (nSPS) is 30.3. The molecule has 3 aliphatic rings. The lowest BCUT2D eigenvalue weighted by Crippen LogP contribution is -2.49. The monoisotopic (exact) mass is 293 g/mol. The SMILES string of the molecule is CCN1CCN(C(=O)C2CC2C(=O)N2CCCCC2)CC1. The van der Waals surface area contributed by atoms with Crippen molar-refractivity contribution in [2.75, 3.05) is 45.8 Å². The van der Waals surface area contributed by atoms with Crippen molar-refractivity contribution in [3.63, 3.8) is 0 Å². The highest BCUT2D eigenvalue weighted by atomic mass is 16.2. The van der Waals surface area contributed by atoms with Gasteiger partial charge in [-0.3, -0.25) is 9.59 Å². The largest absolute Gasteiger partial charge is 0.342 e. The van der Waals surface area contributed by atoms with Crippen molar-refractivity contribution in [2.24, 2.45) is 11.8 Å². The molecule has 5 heteroatoms. The Kier molecular flexibility index (Phi) is 4.48. The molecule has 2 atom stereocenters. The van der Waals surface area contributed by atoms with Crippen molar-refractivity contribution < 1.29 is 9.59 Å². The zero-order chi connectivity index (χ0) is 14.8. The number of hydrogen-bond donors (Lipinski definition) is 0. The Balaban J connectivity index is 1.48. The molecule has 0 N–H and O–H groups in total. The molecule has 2 aliphatic heterocycles. The molecule has 0 bridgehead atoms. The van der Waals surface area contributed by atoms with Crippen LogP contribution in [0.2, 0.25) is 0 Å². The molecule has 0 radical (unpaired) electrons. The van der Waals surface area contributed by atoms with Gasteiger partial charge in [0.2, 0.25) is 11.8 Å². The summed E-state index contributed by atoms with van der Waals surface area (Å²) in [7, 11) is 0. The minimum Gasteiger partial charge on any atom is -0.342 e. The summed E-state index contributed by atoms with van der Waals surface area (Å²) in [5.74, 6) is 0.425. The second-order valence-corrected chi connectivity index (χ2v) is 6.59. The third-order valence-corrected chi connectivity index (χ3v) is 5.22. The summed E-state index contributed by atoms with van der Waals surface area (Å²) in [6.45, 7) is 8.60. The Bertz CT molecular complexity index is 398. The maximum Gasteiger partial charge on any atom is 0.226 e.